The van der Waals surface area contributed by atoms with Gasteiger partial charge in [0.05, 0.1) is 34.0 Å². The van der Waals surface area contributed by atoms with Gasteiger partial charge in [0.15, 0.2) is 0 Å². The number of hydrogen-bond acceptors (Lipinski definition) is 6. The third-order valence-electron chi connectivity index (χ3n) is 7.70. The summed E-state index contributed by atoms with van der Waals surface area (Å²) in [4.78, 5) is 30.9. The van der Waals surface area contributed by atoms with Crippen LogP contribution in [0.15, 0.2) is 0 Å². The quantitative estimate of drug-likeness (QED) is 0.0418. The van der Waals surface area contributed by atoms with Gasteiger partial charge in [-0.15, -0.1) is 34.8 Å². The number of hydrogen-bond donors (Lipinski definition) is 0. The van der Waals surface area contributed by atoms with E-state index in [9.17, 15) is 29.7 Å². The van der Waals surface area contributed by atoms with Crippen LogP contribution in [0.5, 0.6) is 0 Å². The van der Waals surface area contributed by atoms with Crippen molar-refractivity contribution < 1.29 is 29.7 Å². The molecule has 6 nitrogen and oxygen atoms in total. The van der Waals surface area contributed by atoms with E-state index in [1.807, 2.05) is 0 Å². The van der Waals surface area contributed by atoms with Crippen LogP contribution in [0, 0.1) is 0 Å². The molecule has 0 bridgehead atoms. The molecule has 0 aliphatic carbocycles. The number of unbranched alkanes of at least 4 members (excludes halogenated alkanes) is 21. The van der Waals surface area contributed by atoms with Crippen molar-refractivity contribution in [3.05, 3.63) is 0 Å². The molecule has 270 valence electrons. The minimum atomic E-state index is -1.14. The van der Waals surface area contributed by atoms with E-state index in [1.54, 1.807) is 0 Å². The molecule has 0 aromatic carbocycles. The fraction of sp³-hybridized carbons (Fsp3) is 0.917. The summed E-state index contributed by atoms with van der Waals surface area (Å²) >= 11 is 16.6. The Labute approximate surface area is 308 Å². The Bertz CT molecular complexity index is 572. The summed E-state index contributed by atoms with van der Waals surface area (Å²) in [5, 5.41) is 28.5. The van der Waals surface area contributed by atoms with E-state index in [0.717, 1.165) is 38.5 Å². The average molecular weight is 728 g/mol. The van der Waals surface area contributed by atoms with Gasteiger partial charge in [0.2, 0.25) is 0 Å². The molecule has 0 fully saturated rings. The SMILES string of the molecule is CCCCCCCCCCC(Cl)C(=O)[O-].CCCCCCCCCCC(Cl)C(=O)[O-].CCCCCCCCCCC(Cl)C(=O)[O-].[Al+3]. The molecule has 0 aromatic rings. The number of carbonyl (C=O) groups excluding carboxylic acids is 3. The molecule has 0 aliphatic rings. The van der Waals surface area contributed by atoms with Crippen molar-refractivity contribution >= 4 is 70.1 Å². The second-order valence-electron chi connectivity index (χ2n) is 12.2. The van der Waals surface area contributed by atoms with E-state index in [4.69, 9.17) is 34.8 Å². The van der Waals surface area contributed by atoms with Crippen LogP contribution in [0.2, 0.25) is 0 Å². The van der Waals surface area contributed by atoms with Gasteiger partial charge in [-0.1, -0.05) is 175 Å². The maximum absolute atomic E-state index is 10.3. The zero-order valence-corrected chi connectivity index (χ0v) is 32.9. The molecule has 0 aromatic heterocycles. The van der Waals surface area contributed by atoms with Gasteiger partial charge >= 0.3 is 17.4 Å². The molecular formula is C36H66AlCl3O6. The van der Waals surface area contributed by atoms with Crippen LogP contribution < -0.4 is 15.3 Å². The van der Waals surface area contributed by atoms with Crippen molar-refractivity contribution in [2.24, 2.45) is 0 Å². The summed E-state index contributed by atoms with van der Waals surface area (Å²) in [6.07, 6.45) is 30.7. The van der Waals surface area contributed by atoms with E-state index in [-0.39, 0.29) is 17.4 Å². The smallest absolute Gasteiger partial charge is 0.549 e. The minimum absolute atomic E-state index is 0. The molecule has 0 amide bonds. The zero-order valence-electron chi connectivity index (χ0n) is 29.5. The zero-order chi connectivity index (χ0) is 34.6. The van der Waals surface area contributed by atoms with Gasteiger partial charge in [-0.05, 0) is 19.3 Å². The van der Waals surface area contributed by atoms with Crippen LogP contribution >= 0.6 is 34.8 Å². The summed E-state index contributed by atoms with van der Waals surface area (Å²) in [5.74, 6) is -3.42. The van der Waals surface area contributed by atoms with Gasteiger partial charge in [-0.2, -0.15) is 0 Å². The number of rotatable bonds is 30. The molecule has 0 rings (SSSR count). The molecule has 0 heterocycles. The van der Waals surface area contributed by atoms with Crippen LogP contribution in [-0.2, 0) is 14.4 Å². The standard InChI is InChI=1S/3C12H23ClO2.Al/c3*1-2-3-4-5-6-7-8-9-10-11(13)12(14)15;/h3*11H,2-10H2,1H3,(H,14,15);/q;;;+3/p-3. The second kappa shape index (κ2) is 42.8. The van der Waals surface area contributed by atoms with Crippen molar-refractivity contribution in [2.75, 3.05) is 0 Å². The van der Waals surface area contributed by atoms with Crippen LogP contribution in [-0.4, -0.2) is 51.4 Å². The number of carboxylic acids is 3. The van der Waals surface area contributed by atoms with Crippen molar-refractivity contribution in [3.8, 4) is 0 Å². The van der Waals surface area contributed by atoms with E-state index < -0.39 is 34.0 Å². The summed E-state index contributed by atoms with van der Waals surface area (Å²) in [7, 11) is 0. The van der Waals surface area contributed by atoms with Gasteiger partial charge in [0.1, 0.15) is 0 Å². The van der Waals surface area contributed by atoms with E-state index in [0.29, 0.717) is 19.3 Å². The van der Waals surface area contributed by atoms with Gasteiger partial charge < -0.3 is 29.7 Å². The van der Waals surface area contributed by atoms with Crippen molar-refractivity contribution in [2.45, 2.75) is 210 Å². The topological polar surface area (TPSA) is 120 Å². The Balaban J connectivity index is -0.000000285. The number of carbonyl (C=O) groups is 3. The summed E-state index contributed by atoms with van der Waals surface area (Å²) in [6.45, 7) is 6.63. The largest absolute Gasteiger partial charge is 3.00 e. The third-order valence-corrected chi connectivity index (χ3v) is 8.89. The predicted molar refractivity (Wildman–Crippen MR) is 191 cm³/mol. The molecular weight excluding hydrogens is 662 g/mol. The van der Waals surface area contributed by atoms with Crippen molar-refractivity contribution in [3.63, 3.8) is 0 Å². The average Bonchev–Trinajstić information content (AvgIpc) is 3.01. The Kier molecular flexibility index (Phi) is 49.0. The first-order chi connectivity index (χ1) is 21.5. The summed E-state index contributed by atoms with van der Waals surface area (Å²) in [5.41, 5.74) is 0. The maximum Gasteiger partial charge on any atom is 3.00 e. The summed E-state index contributed by atoms with van der Waals surface area (Å²) in [6, 6.07) is 0. The molecule has 3 atom stereocenters. The molecule has 0 N–H and O–H groups in total. The van der Waals surface area contributed by atoms with E-state index in [1.165, 1.54) is 116 Å². The normalized spacial score (nSPS) is 12.4. The fourth-order valence-corrected chi connectivity index (χ4v) is 5.19. The molecule has 10 heteroatoms. The molecule has 0 spiro atoms. The van der Waals surface area contributed by atoms with Crippen molar-refractivity contribution in [1.82, 2.24) is 0 Å². The Morgan fingerprint density at radius 1 is 0.370 bits per heavy atom. The van der Waals surface area contributed by atoms with Crippen LogP contribution in [0.1, 0.15) is 194 Å². The molecule has 0 saturated heterocycles. The van der Waals surface area contributed by atoms with Crippen molar-refractivity contribution in [1.29, 1.82) is 0 Å². The molecule has 3 unspecified atom stereocenters. The van der Waals surface area contributed by atoms with Crippen LogP contribution in [0.25, 0.3) is 0 Å². The first kappa shape index (κ1) is 52.6. The number of aliphatic carboxylic acids is 3. The Morgan fingerprint density at radius 2 is 0.522 bits per heavy atom. The predicted octanol–water partition coefficient (Wildman–Crippen LogP) is 8.24. The van der Waals surface area contributed by atoms with Gasteiger partial charge in [0, 0.05) is 0 Å². The maximum atomic E-state index is 10.3. The summed E-state index contributed by atoms with van der Waals surface area (Å²) < 4.78 is 0. The Hall–Kier alpha value is -0.188. The monoisotopic (exact) mass is 726 g/mol. The van der Waals surface area contributed by atoms with Crippen LogP contribution in [0.4, 0.5) is 0 Å². The molecule has 0 aliphatic heterocycles. The number of carboxylic acid groups (broad SMARTS) is 3. The molecule has 0 saturated carbocycles. The molecule has 46 heavy (non-hydrogen) atoms. The van der Waals surface area contributed by atoms with Gasteiger partial charge in [-0.25, -0.2) is 0 Å². The van der Waals surface area contributed by atoms with Gasteiger partial charge in [-0.3, -0.25) is 0 Å². The van der Waals surface area contributed by atoms with E-state index >= 15 is 0 Å². The number of alkyl halides is 3. The molecule has 0 radical (unpaired) electrons. The second-order valence-corrected chi connectivity index (χ2v) is 13.7. The Morgan fingerprint density at radius 3 is 0.674 bits per heavy atom. The first-order valence-electron chi connectivity index (χ1n) is 18.1. The fourth-order valence-electron chi connectivity index (χ4n) is 4.73. The number of halogens is 3. The first-order valence-corrected chi connectivity index (χ1v) is 19.4. The van der Waals surface area contributed by atoms with Gasteiger partial charge in [0.25, 0.3) is 0 Å². The van der Waals surface area contributed by atoms with Crippen LogP contribution in [0.3, 0.4) is 0 Å². The third kappa shape index (κ3) is 45.9. The minimum Gasteiger partial charge on any atom is -0.549 e. The van der Waals surface area contributed by atoms with E-state index in [2.05, 4.69) is 20.8 Å².